The maximum Gasteiger partial charge on any atom is 0.241 e. The first-order valence-electron chi connectivity index (χ1n) is 7.68. The van der Waals surface area contributed by atoms with Gasteiger partial charge in [0.05, 0.1) is 12.2 Å². The number of nitrogens with one attached hydrogen (secondary N) is 1. The van der Waals surface area contributed by atoms with Gasteiger partial charge in [-0.25, -0.2) is 0 Å². The fourth-order valence-electron chi connectivity index (χ4n) is 5.30. The van der Waals surface area contributed by atoms with Gasteiger partial charge >= 0.3 is 0 Å². The van der Waals surface area contributed by atoms with Crippen molar-refractivity contribution in [3.8, 4) is 0 Å². The zero-order valence-corrected chi connectivity index (χ0v) is 11.6. The van der Waals surface area contributed by atoms with Gasteiger partial charge in [0.25, 0.3) is 0 Å². The number of hydrogen-bond acceptors (Lipinski definition) is 2. The number of amides is 1. The summed E-state index contributed by atoms with van der Waals surface area (Å²) in [6.45, 7) is 6.45. The lowest BCUT2D eigenvalue weighted by atomic mass is 10.0. The van der Waals surface area contributed by atoms with Crippen LogP contribution in [-0.4, -0.2) is 29.1 Å². The molecule has 0 aromatic carbocycles. The molecular weight excluding hydrogens is 224 g/mol. The standard InChI is InChI=1S/C15H24N2O/c1-7(2)13-15(18)17(8(3)16-13)14-11-9-4-5-10(6-9)12(11)14/h7-14,16H,4-6H2,1-3H3. The topological polar surface area (TPSA) is 32.3 Å². The average Bonchev–Trinajstić information content (AvgIpc) is 2.68. The van der Waals surface area contributed by atoms with Crippen molar-refractivity contribution in [2.24, 2.45) is 29.6 Å². The minimum atomic E-state index is 0.0546. The predicted molar refractivity (Wildman–Crippen MR) is 69.7 cm³/mol. The van der Waals surface area contributed by atoms with E-state index in [2.05, 4.69) is 31.0 Å². The van der Waals surface area contributed by atoms with Gasteiger partial charge in [-0.2, -0.15) is 0 Å². The molecular formula is C15H24N2O. The van der Waals surface area contributed by atoms with Crippen LogP contribution in [0.15, 0.2) is 0 Å². The van der Waals surface area contributed by atoms with E-state index in [1.165, 1.54) is 19.3 Å². The van der Waals surface area contributed by atoms with E-state index in [1.807, 2.05) is 0 Å². The summed E-state index contributed by atoms with van der Waals surface area (Å²) in [5, 5.41) is 3.49. The number of rotatable bonds is 2. The van der Waals surface area contributed by atoms with Gasteiger partial charge in [0.15, 0.2) is 0 Å². The van der Waals surface area contributed by atoms with Gasteiger partial charge in [-0.05, 0) is 55.8 Å². The normalized spacial score (nSPS) is 53.4. The molecule has 3 aliphatic carbocycles. The molecule has 2 bridgehead atoms. The van der Waals surface area contributed by atoms with Gasteiger partial charge < -0.3 is 4.90 Å². The van der Waals surface area contributed by atoms with Gasteiger partial charge in [-0.15, -0.1) is 0 Å². The minimum absolute atomic E-state index is 0.0546. The Morgan fingerprint density at radius 2 is 1.83 bits per heavy atom. The Labute approximate surface area is 109 Å². The lowest BCUT2D eigenvalue weighted by Crippen LogP contribution is -2.39. The summed E-state index contributed by atoms with van der Waals surface area (Å²) in [6, 6.07) is 0.647. The number of carbonyl (C=O) groups is 1. The molecule has 1 N–H and O–H groups in total. The van der Waals surface area contributed by atoms with Crippen molar-refractivity contribution in [1.29, 1.82) is 0 Å². The van der Waals surface area contributed by atoms with Crippen LogP contribution in [0.2, 0.25) is 0 Å². The van der Waals surface area contributed by atoms with Crippen molar-refractivity contribution < 1.29 is 4.79 Å². The Bertz CT molecular complexity index is 378. The van der Waals surface area contributed by atoms with Crippen molar-refractivity contribution in [1.82, 2.24) is 10.2 Å². The maximum atomic E-state index is 12.6. The molecule has 1 aliphatic heterocycles. The van der Waals surface area contributed by atoms with E-state index >= 15 is 0 Å². The SMILES string of the molecule is CC(C)C1NC(C)N(C2C3C4CCC(C4)C32)C1=O. The molecule has 4 rings (SSSR count). The number of hydrogen-bond donors (Lipinski definition) is 1. The Morgan fingerprint density at radius 1 is 1.22 bits per heavy atom. The van der Waals surface area contributed by atoms with E-state index in [0.717, 1.165) is 23.7 Å². The summed E-state index contributed by atoms with van der Waals surface area (Å²) in [7, 11) is 0. The highest BCUT2D eigenvalue weighted by Gasteiger charge is 2.68. The Hall–Kier alpha value is -0.570. The van der Waals surface area contributed by atoms with Crippen LogP contribution in [0.1, 0.15) is 40.0 Å². The summed E-state index contributed by atoms with van der Waals surface area (Å²) in [4.78, 5) is 14.8. The molecule has 1 amide bonds. The van der Waals surface area contributed by atoms with E-state index < -0.39 is 0 Å². The third-order valence-corrected chi connectivity index (χ3v) is 6.04. The molecule has 4 fully saturated rings. The first kappa shape index (κ1) is 11.3. The van der Waals surface area contributed by atoms with Crippen LogP contribution >= 0.6 is 0 Å². The molecule has 1 heterocycles. The number of nitrogens with zero attached hydrogens (tertiary/aromatic N) is 1. The Morgan fingerprint density at radius 3 is 2.33 bits per heavy atom. The van der Waals surface area contributed by atoms with E-state index in [4.69, 9.17) is 0 Å². The van der Waals surface area contributed by atoms with Crippen LogP contribution in [0.3, 0.4) is 0 Å². The molecule has 0 radical (unpaired) electrons. The minimum Gasteiger partial charge on any atom is -0.322 e. The molecule has 0 aromatic rings. The van der Waals surface area contributed by atoms with Gasteiger partial charge in [0.2, 0.25) is 5.91 Å². The van der Waals surface area contributed by atoms with Crippen LogP contribution in [0.25, 0.3) is 0 Å². The zero-order chi connectivity index (χ0) is 12.6. The second-order valence-corrected chi connectivity index (χ2v) is 7.29. The molecule has 18 heavy (non-hydrogen) atoms. The summed E-state index contributed by atoms with van der Waals surface area (Å²) >= 11 is 0. The number of fused-ring (bicyclic) bond motifs is 5. The van der Waals surface area contributed by atoms with Gasteiger partial charge in [0.1, 0.15) is 0 Å². The molecule has 6 atom stereocenters. The number of carbonyl (C=O) groups excluding carboxylic acids is 1. The third kappa shape index (κ3) is 1.26. The van der Waals surface area contributed by atoms with Crippen LogP contribution in [-0.2, 0) is 4.79 Å². The maximum absolute atomic E-state index is 12.6. The monoisotopic (exact) mass is 248 g/mol. The highest BCUT2D eigenvalue weighted by Crippen LogP contribution is 2.67. The highest BCUT2D eigenvalue weighted by atomic mass is 16.2. The largest absolute Gasteiger partial charge is 0.322 e. The lowest BCUT2D eigenvalue weighted by molar-refractivity contribution is -0.131. The molecule has 100 valence electrons. The molecule has 0 aromatic heterocycles. The van der Waals surface area contributed by atoms with Crippen LogP contribution in [0.5, 0.6) is 0 Å². The van der Waals surface area contributed by atoms with Gasteiger partial charge in [0, 0.05) is 6.04 Å². The van der Waals surface area contributed by atoms with E-state index in [1.54, 1.807) is 0 Å². The molecule has 3 nitrogen and oxygen atoms in total. The molecule has 4 aliphatic rings. The summed E-state index contributed by atoms with van der Waals surface area (Å²) in [5.41, 5.74) is 0. The van der Waals surface area contributed by atoms with Gasteiger partial charge in [-0.3, -0.25) is 10.1 Å². The van der Waals surface area contributed by atoms with Gasteiger partial charge in [-0.1, -0.05) is 13.8 Å². The second-order valence-electron chi connectivity index (χ2n) is 7.29. The fourth-order valence-corrected chi connectivity index (χ4v) is 5.30. The lowest BCUT2D eigenvalue weighted by Gasteiger charge is -2.24. The molecule has 1 saturated heterocycles. The van der Waals surface area contributed by atoms with Crippen molar-refractivity contribution in [3.05, 3.63) is 0 Å². The fraction of sp³-hybridized carbons (Fsp3) is 0.933. The van der Waals surface area contributed by atoms with Crippen molar-refractivity contribution in [3.63, 3.8) is 0 Å². The third-order valence-electron chi connectivity index (χ3n) is 6.04. The van der Waals surface area contributed by atoms with E-state index in [9.17, 15) is 4.79 Å². The van der Waals surface area contributed by atoms with Crippen LogP contribution in [0, 0.1) is 29.6 Å². The first-order valence-corrected chi connectivity index (χ1v) is 7.68. The highest BCUT2D eigenvalue weighted by molar-refractivity contribution is 5.85. The summed E-state index contributed by atoms with van der Waals surface area (Å²) < 4.78 is 0. The van der Waals surface area contributed by atoms with Crippen molar-refractivity contribution >= 4 is 5.91 Å². The first-order chi connectivity index (χ1) is 8.59. The average molecular weight is 248 g/mol. The smallest absolute Gasteiger partial charge is 0.241 e. The quantitative estimate of drug-likeness (QED) is 0.808. The summed E-state index contributed by atoms with van der Waals surface area (Å²) in [6.07, 6.45) is 4.57. The summed E-state index contributed by atoms with van der Waals surface area (Å²) in [5.74, 6) is 4.40. The zero-order valence-electron chi connectivity index (χ0n) is 11.6. The Kier molecular flexibility index (Phi) is 2.19. The molecule has 0 spiro atoms. The molecule has 3 heteroatoms. The van der Waals surface area contributed by atoms with Crippen LogP contribution in [0.4, 0.5) is 0 Å². The second kappa shape index (κ2) is 3.50. The van der Waals surface area contributed by atoms with E-state index in [0.29, 0.717) is 17.9 Å². The Balaban J connectivity index is 1.55. The van der Waals surface area contributed by atoms with E-state index in [-0.39, 0.29) is 12.2 Å². The van der Waals surface area contributed by atoms with Crippen molar-refractivity contribution in [2.45, 2.75) is 58.3 Å². The van der Waals surface area contributed by atoms with Crippen LogP contribution < -0.4 is 5.32 Å². The molecule has 6 unspecified atom stereocenters. The molecule has 3 saturated carbocycles. The predicted octanol–water partition coefficient (Wildman–Crippen LogP) is 1.83. The van der Waals surface area contributed by atoms with Crippen molar-refractivity contribution in [2.75, 3.05) is 0 Å².